The maximum Gasteiger partial charge on any atom is 0.277 e. The number of amides is 1. The van der Waals surface area contributed by atoms with E-state index in [4.69, 9.17) is 20.8 Å². The van der Waals surface area contributed by atoms with Crippen LogP contribution in [-0.4, -0.2) is 29.0 Å². The number of benzene rings is 2. The zero-order chi connectivity index (χ0) is 18.5. The molecule has 0 saturated carbocycles. The molecule has 0 bridgehead atoms. The number of nitrogens with one attached hydrogen (secondary N) is 1. The van der Waals surface area contributed by atoms with E-state index in [9.17, 15) is 4.79 Å². The largest absolute Gasteiger partial charge is 0.496 e. The average Bonchev–Trinajstić information content (AvgIpc) is 3.09. The lowest BCUT2D eigenvalue weighted by Crippen LogP contribution is -2.13. The van der Waals surface area contributed by atoms with E-state index in [2.05, 4.69) is 15.5 Å². The number of hydrogen-bond acceptors (Lipinski definition) is 6. The number of halogens is 1. The normalized spacial score (nSPS) is 10.6. The van der Waals surface area contributed by atoms with Crippen molar-refractivity contribution < 1.29 is 13.9 Å². The summed E-state index contributed by atoms with van der Waals surface area (Å²) in [6, 6.07) is 12.7. The second-order valence-corrected chi connectivity index (χ2v) is 6.79. The second kappa shape index (κ2) is 8.25. The lowest BCUT2D eigenvalue weighted by Gasteiger charge is -2.05. The van der Waals surface area contributed by atoms with Crippen LogP contribution in [0.5, 0.6) is 5.75 Å². The number of ether oxygens (including phenoxy) is 1. The number of aryl methyl sites for hydroxylation is 1. The van der Waals surface area contributed by atoms with Crippen LogP contribution >= 0.6 is 23.4 Å². The molecular formula is C18H16ClN3O3S. The fourth-order valence-corrected chi connectivity index (χ4v) is 3.01. The minimum atomic E-state index is -0.152. The fourth-order valence-electron chi connectivity index (χ4n) is 2.27. The molecule has 0 fully saturated rings. The maximum atomic E-state index is 12.1. The van der Waals surface area contributed by atoms with Crippen LogP contribution in [0, 0.1) is 6.92 Å². The number of anilines is 1. The molecule has 0 radical (unpaired) electrons. The van der Waals surface area contributed by atoms with E-state index >= 15 is 0 Å². The Hall–Kier alpha value is -2.51. The molecule has 3 aromatic rings. The molecule has 1 aromatic heterocycles. The predicted octanol–water partition coefficient (Wildman–Crippen LogP) is 4.44. The zero-order valence-corrected chi connectivity index (χ0v) is 15.7. The first kappa shape index (κ1) is 18.3. The molecule has 0 aliphatic carbocycles. The molecule has 2 aromatic carbocycles. The van der Waals surface area contributed by atoms with Gasteiger partial charge in [0.2, 0.25) is 5.91 Å². The Morgan fingerprint density at radius 1 is 1.27 bits per heavy atom. The average molecular weight is 390 g/mol. The van der Waals surface area contributed by atoms with Gasteiger partial charge in [0, 0.05) is 10.7 Å². The summed E-state index contributed by atoms with van der Waals surface area (Å²) in [5.74, 6) is 0.862. The smallest absolute Gasteiger partial charge is 0.277 e. The highest BCUT2D eigenvalue weighted by atomic mass is 35.5. The van der Waals surface area contributed by atoms with Crippen molar-refractivity contribution >= 4 is 35.0 Å². The highest BCUT2D eigenvalue weighted by Gasteiger charge is 2.15. The number of rotatable bonds is 6. The molecule has 0 aliphatic heterocycles. The Kier molecular flexibility index (Phi) is 5.80. The first-order chi connectivity index (χ1) is 12.5. The molecule has 0 unspecified atom stereocenters. The van der Waals surface area contributed by atoms with Crippen molar-refractivity contribution in [2.75, 3.05) is 18.2 Å². The highest BCUT2D eigenvalue weighted by Crippen LogP contribution is 2.33. The Morgan fingerprint density at radius 2 is 2.12 bits per heavy atom. The summed E-state index contributed by atoms with van der Waals surface area (Å²) in [6.07, 6.45) is 0. The van der Waals surface area contributed by atoms with Gasteiger partial charge in [-0.3, -0.25) is 4.79 Å². The van der Waals surface area contributed by atoms with Gasteiger partial charge in [-0.15, -0.1) is 10.2 Å². The molecule has 6 nitrogen and oxygen atoms in total. The molecule has 0 spiro atoms. The van der Waals surface area contributed by atoms with Gasteiger partial charge in [-0.1, -0.05) is 35.5 Å². The summed E-state index contributed by atoms with van der Waals surface area (Å²) in [4.78, 5) is 12.1. The molecule has 1 amide bonds. The van der Waals surface area contributed by atoms with Crippen LogP contribution in [0.1, 0.15) is 5.56 Å². The molecule has 1 N–H and O–H groups in total. The number of carbonyl (C=O) groups is 1. The third-order valence-electron chi connectivity index (χ3n) is 3.43. The SMILES string of the molecule is COc1ccc(Cl)cc1-c1nnc(SCC(=O)Nc2cccc(C)c2)o1. The maximum absolute atomic E-state index is 12.1. The Bertz CT molecular complexity index is 930. The molecule has 1 heterocycles. The van der Waals surface area contributed by atoms with Crippen molar-refractivity contribution in [3.05, 3.63) is 53.1 Å². The van der Waals surface area contributed by atoms with Crippen LogP contribution in [0.15, 0.2) is 52.1 Å². The van der Waals surface area contributed by atoms with Crippen molar-refractivity contribution in [3.63, 3.8) is 0 Å². The van der Waals surface area contributed by atoms with Crippen molar-refractivity contribution in [1.29, 1.82) is 0 Å². The molecule has 3 rings (SSSR count). The van der Waals surface area contributed by atoms with Gasteiger partial charge in [0.1, 0.15) is 5.75 Å². The number of methoxy groups -OCH3 is 1. The van der Waals surface area contributed by atoms with Gasteiger partial charge in [-0.05, 0) is 42.8 Å². The van der Waals surface area contributed by atoms with E-state index in [0.29, 0.717) is 21.6 Å². The van der Waals surface area contributed by atoms with Crippen LogP contribution < -0.4 is 10.1 Å². The lowest BCUT2D eigenvalue weighted by atomic mass is 10.2. The number of carbonyl (C=O) groups excluding carboxylic acids is 1. The summed E-state index contributed by atoms with van der Waals surface area (Å²) in [5.41, 5.74) is 2.43. The number of thioether (sulfide) groups is 1. The Labute approximate surface area is 159 Å². The molecule has 0 aliphatic rings. The summed E-state index contributed by atoms with van der Waals surface area (Å²) in [6.45, 7) is 1.97. The van der Waals surface area contributed by atoms with Crippen molar-refractivity contribution in [2.24, 2.45) is 0 Å². The molecule has 0 atom stereocenters. The van der Waals surface area contributed by atoms with Crippen molar-refractivity contribution in [1.82, 2.24) is 10.2 Å². The number of aromatic nitrogens is 2. The molecule has 0 saturated heterocycles. The lowest BCUT2D eigenvalue weighted by molar-refractivity contribution is -0.113. The Morgan fingerprint density at radius 3 is 2.88 bits per heavy atom. The molecule has 134 valence electrons. The van der Waals surface area contributed by atoms with Gasteiger partial charge in [0.25, 0.3) is 11.1 Å². The van der Waals surface area contributed by atoms with E-state index in [1.54, 1.807) is 25.3 Å². The topological polar surface area (TPSA) is 77.2 Å². The van der Waals surface area contributed by atoms with Gasteiger partial charge in [0.15, 0.2) is 0 Å². The van der Waals surface area contributed by atoms with Gasteiger partial charge in [0.05, 0.1) is 18.4 Å². The zero-order valence-electron chi connectivity index (χ0n) is 14.2. The van der Waals surface area contributed by atoms with Crippen molar-refractivity contribution in [2.45, 2.75) is 12.1 Å². The first-order valence-corrected chi connectivity index (χ1v) is 9.08. The molecule has 8 heteroatoms. The molecule has 26 heavy (non-hydrogen) atoms. The van der Waals surface area contributed by atoms with Crippen LogP contribution in [0.4, 0.5) is 5.69 Å². The third-order valence-corrected chi connectivity index (χ3v) is 4.48. The quantitative estimate of drug-likeness (QED) is 0.628. The minimum Gasteiger partial charge on any atom is -0.496 e. The van der Waals surface area contributed by atoms with Crippen LogP contribution in [0.25, 0.3) is 11.5 Å². The van der Waals surface area contributed by atoms with Crippen LogP contribution in [0.3, 0.4) is 0 Å². The van der Waals surface area contributed by atoms with Gasteiger partial charge in [-0.25, -0.2) is 0 Å². The standard InChI is InChI=1S/C18H16ClN3O3S/c1-11-4-3-5-13(8-11)20-16(23)10-26-18-22-21-17(25-18)14-9-12(19)6-7-15(14)24-2/h3-9H,10H2,1-2H3,(H,20,23). The van der Waals surface area contributed by atoms with Crippen molar-refractivity contribution in [3.8, 4) is 17.2 Å². The third kappa shape index (κ3) is 4.56. The predicted molar refractivity (Wildman–Crippen MR) is 102 cm³/mol. The van der Waals surface area contributed by atoms with Crippen LogP contribution in [-0.2, 0) is 4.79 Å². The van der Waals surface area contributed by atoms with E-state index in [1.165, 1.54) is 0 Å². The van der Waals surface area contributed by atoms with E-state index in [-0.39, 0.29) is 17.6 Å². The fraction of sp³-hybridized carbons (Fsp3) is 0.167. The monoisotopic (exact) mass is 389 g/mol. The summed E-state index contributed by atoms with van der Waals surface area (Å²) in [5, 5.41) is 11.6. The molecular weight excluding hydrogens is 374 g/mol. The minimum absolute atomic E-state index is 0.152. The Balaban J connectivity index is 1.64. The van der Waals surface area contributed by atoms with Gasteiger partial charge < -0.3 is 14.5 Å². The second-order valence-electron chi connectivity index (χ2n) is 5.42. The van der Waals surface area contributed by atoms with Gasteiger partial charge in [-0.2, -0.15) is 0 Å². The van der Waals surface area contributed by atoms with Crippen LogP contribution in [0.2, 0.25) is 5.02 Å². The van der Waals surface area contributed by atoms with E-state index in [0.717, 1.165) is 23.0 Å². The summed E-state index contributed by atoms with van der Waals surface area (Å²) in [7, 11) is 1.55. The first-order valence-electron chi connectivity index (χ1n) is 7.72. The summed E-state index contributed by atoms with van der Waals surface area (Å²) < 4.78 is 10.9. The highest BCUT2D eigenvalue weighted by molar-refractivity contribution is 7.99. The van der Waals surface area contributed by atoms with Gasteiger partial charge >= 0.3 is 0 Å². The van der Waals surface area contributed by atoms with E-state index in [1.807, 2.05) is 31.2 Å². The number of hydrogen-bond donors (Lipinski definition) is 1. The summed E-state index contributed by atoms with van der Waals surface area (Å²) >= 11 is 7.18. The van der Waals surface area contributed by atoms with E-state index < -0.39 is 0 Å². The number of nitrogens with zero attached hydrogens (tertiary/aromatic N) is 2.